The van der Waals surface area contributed by atoms with Crippen LogP contribution in [-0.2, 0) is 7.05 Å². The highest BCUT2D eigenvalue weighted by Crippen LogP contribution is 2.25. The molecular formula is C16H17N7O3. The van der Waals surface area contributed by atoms with E-state index in [1.54, 1.807) is 29.8 Å². The number of carbonyl (C=O) groups is 1. The van der Waals surface area contributed by atoms with E-state index in [1.807, 2.05) is 0 Å². The maximum absolute atomic E-state index is 12.1. The highest BCUT2D eigenvalue weighted by atomic mass is 16.6. The topological polar surface area (TPSA) is 156 Å². The smallest absolute Gasteiger partial charge is 0.287 e. The number of benzene rings is 1. The number of fused-ring (bicyclic) bond motifs is 1. The van der Waals surface area contributed by atoms with Crippen LogP contribution in [-0.4, -0.2) is 37.7 Å². The van der Waals surface area contributed by atoms with Crippen molar-refractivity contribution < 1.29 is 9.72 Å². The quantitative estimate of drug-likeness (QED) is 0.228. The summed E-state index contributed by atoms with van der Waals surface area (Å²) < 4.78 is 1.62. The van der Waals surface area contributed by atoms with Gasteiger partial charge in [-0.05, 0) is 18.2 Å². The lowest BCUT2D eigenvalue weighted by Gasteiger charge is -2.04. The van der Waals surface area contributed by atoms with Crippen LogP contribution in [0.5, 0.6) is 0 Å². The summed E-state index contributed by atoms with van der Waals surface area (Å²) in [6, 6.07) is 6.45. The zero-order valence-corrected chi connectivity index (χ0v) is 13.9. The standard InChI is InChI=1S/C16H17N7O3/c1-22-8-10(23(25)26)7-13(22)15-20-11-3-2-9(6-12(11)21-15)16(24)19-5-4-14(17)18/h2-3,6-8H,4-5H2,1H3,(H3,17,18)(H,19,24)(H,20,21). The first kappa shape index (κ1) is 17.1. The number of nitrogens with one attached hydrogen (secondary N) is 3. The van der Waals surface area contributed by atoms with Crippen LogP contribution in [0.4, 0.5) is 5.69 Å². The molecular weight excluding hydrogens is 338 g/mol. The Morgan fingerprint density at radius 3 is 2.88 bits per heavy atom. The number of hydrogen-bond acceptors (Lipinski definition) is 5. The van der Waals surface area contributed by atoms with Gasteiger partial charge in [-0.1, -0.05) is 0 Å². The summed E-state index contributed by atoms with van der Waals surface area (Å²) in [7, 11) is 1.70. The first-order chi connectivity index (χ1) is 12.3. The molecule has 10 nitrogen and oxygen atoms in total. The van der Waals surface area contributed by atoms with Gasteiger partial charge in [-0.2, -0.15) is 0 Å². The van der Waals surface area contributed by atoms with Gasteiger partial charge in [0, 0.05) is 31.6 Å². The second-order valence-electron chi connectivity index (χ2n) is 5.80. The van der Waals surface area contributed by atoms with Gasteiger partial charge < -0.3 is 20.6 Å². The average molecular weight is 355 g/mol. The summed E-state index contributed by atoms with van der Waals surface area (Å²) in [5, 5.41) is 20.7. The van der Waals surface area contributed by atoms with Gasteiger partial charge in [0.15, 0.2) is 5.82 Å². The zero-order valence-electron chi connectivity index (χ0n) is 13.9. The van der Waals surface area contributed by atoms with E-state index in [2.05, 4.69) is 15.3 Å². The molecule has 0 saturated carbocycles. The molecule has 2 heterocycles. The third-order valence-corrected chi connectivity index (χ3v) is 3.87. The van der Waals surface area contributed by atoms with E-state index < -0.39 is 4.92 Å². The number of aromatic nitrogens is 3. The molecule has 0 aliphatic heterocycles. The molecule has 1 aromatic carbocycles. The maximum atomic E-state index is 12.1. The molecule has 3 aromatic rings. The fourth-order valence-corrected chi connectivity index (χ4v) is 2.56. The van der Waals surface area contributed by atoms with Gasteiger partial charge in [0.2, 0.25) is 0 Å². The van der Waals surface area contributed by atoms with Gasteiger partial charge in [-0.25, -0.2) is 4.98 Å². The molecule has 0 radical (unpaired) electrons. The second kappa shape index (κ2) is 6.67. The number of nitrogens with two attached hydrogens (primary N) is 1. The Bertz CT molecular complexity index is 1020. The number of amidine groups is 1. The highest BCUT2D eigenvalue weighted by molar-refractivity contribution is 5.97. The Balaban J connectivity index is 1.87. The van der Waals surface area contributed by atoms with Crippen molar-refractivity contribution in [3.63, 3.8) is 0 Å². The number of aromatic amines is 1. The minimum atomic E-state index is -0.463. The van der Waals surface area contributed by atoms with Crippen LogP contribution in [0.25, 0.3) is 22.6 Å². The van der Waals surface area contributed by atoms with Gasteiger partial charge in [0.25, 0.3) is 11.6 Å². The first-order valence-corrected chi connectivity index (χ1v) is 7.77. The van der Waals surface area contributed by atoms with Gasteiger partial charge in [-0.15, -0.1) is 0 Å². The lowest BCUT2D eigenvalue weighted by Crippen LogP contribution is -2.27. The van der Waals surface area contributed by atoms with Crippen molar-refractivity contribution in [1.82, 2.24) is 19.9 Å². The van der Waals surface area contributed by atoms with Crippen LogP contribution in [0.3, 0.4) is 0 Å². The number of nitrogens with zero attached hydrogens (tertiary/aromatic N) is 3. The molecule has 134 valence electrons. The van der Waals surface area contributed by atoms with Crippen LogP contribution >= 0.6 is 0 Å². The number of amides is 1. The molecule has 10 heteroatoms. The largest absolute Gasteiger partial charge is 0.388 e. The van der Waals surface area contributed by atoms with E-state index in [1.165, 1.54) is 12.3 Å². The maximum Gasteiger partial charge on any atom is 0.287 e. The monoisotopic (exact) mass is 355 g/mol. The lowest BCUT2D eigenvalue weighted by atomic mass is 10.2. The van der Waals surface area contributed by atoms with Crippen molar-refractivity contribution in [3.8, 4) is 11.5 Å². The number of imidazole rings is 1. The van der Waals surface area contributed by atoms with Crippen molar-refractivity contribution in [2.24, 2.45) is 12.8 Å². The van der Waals surface area contributed by atoms with Crippen molar-refractivity contribution in [1.29, 1.82) is 5.41 Å². The van der Waals surface area contributed by atoms with E-state index in [-0.39, 0.29) is 30.4 Å². The highest BCUT2D eigenvalue weighted by Gasteiger charge is 2.16. The molecule has 0 bridgehead atoms. The first-order valence-electron chi connectivity index (χ1n) is 7.77. The summed E-state index contributed by atoms with van der Waals surface area (Å²) >= 11 is 0. The van der Waals surface area contributed by atoms with E-state index >= 15 is 0 Å². The molecule has 0 unspecified atom stereocenters. The van der Waals surface area contributed by atoms with Gasteiger partial charge in [-0.3, -0.25) is 20.3 Å². The molecule has 0 aliphatic carbocycles. The van der Waals surface area contributed by atoms with Gasteiger partial charge in [0.05, 0.1) is 33.7 Å². The number of rotatable bonds is 6. The normalized spacial score (nSPS) is 10.8. The van der Waals surface area contributed by atoms with Crippen molar-refractivity contribution in [3.05, 3.63) is 46.1 Å². The lowest BCUT2D eigenvalue weighted by molar-refractivity contribution is -0.384. The molecule has 0 spiro atoms. The van der Waals surface area contributed by atoms with E-state index in [0.717, 1.165) is 0 Å². The second-order valence-corrected chi connectivity index (χ2v) is 5.80. The van der Waals surface area contributed by atoms with Crippen molar-refractivity contribution in [2.75, 3.05) is 6.54 Å². The van der Waals surface area contributed by atoms with E-state index in [0.29, 0.717) is 28.1 Å². The molecule has 0 atom stereocenters. The third-order valence-electron chi connectivity index (χ3n) is 3.87. The molecule has 0 fully saturated rings. The third kappa shape index (κ3) is 3.38. The number of hydrogen-bond donors (Lipinski definition) is 4. The van der Waals surface area contributed by atoms with E-state index in [9.17, 15) is 14.9 Å². The average Bonchev–Trinajstić information content (AvgIpc) is 3.16. The van der Waals surface area contributed by atoms with Crippen LogP contribution < -0.4 is 11.1 Å². The van der Waals surface area contributed by atoms with Crippen LogP contribution in [0.2, 0.25) is 0 Å². The SMILES string of the molecule is Cn1cc([N+](=O)[O-])cc1-c1nc2cc(C(=O)NCCC(=N)N)ccc2[nH]1. The van der Waals surface area contributed by atoms with Crippen LogP contribution in [0, 0.1) is 15.5 Å². The number of carbonyl (C=O) groups excluding carboxylic acids is 1. The zero-order chi connectivity index (χ0) is 18.8. The molecule has 0 saturated heterocycles. The molecule has 5 N–H and O–H groups in total. The van der Waals surface area contributed by atoms with Gasteiger partial charge >= 0.3 is 0 Å². The summed E-state index contributed by atoms with van der Waals surface area (Å²) in [4.78, 5) is 30.1. The summed E-state index contributed by atoms with van der Waals surface area (Å²) in [5.41, 5.74) is 7.52. The van der Waals surface area contributed by atoms with Crippen molar-refractivity contribution >= 4 is 28.5 Å². The summed E-state index contributed by atoms with van der Waals surface area (Å²) in [6.07, 6.45) is 1.70. The summed E-state index contributed by atoms with van der Waals surface area (Å²) in [5.74, 6) is 0.200. The molecule has 2 aromatic heterocycles. The number of aryl methyl sites for hydroxylation is 1. The number of H-pyrrole nitrogens is 1. The Labute approximate surface area is 147 Å². The number of nitro groups is 1. The Morgan fingerprint density at radius 1 is 1.46 bits per heavy atom. The molecule has 26 heavy (non-hydrogen) atoms. The molecule has 1 amide bonds. The summed E-state index contributed by atoms with van der Waals surface area (Å²) in [6.45, 7) is 0.283. The van der Waals surface area contributed by atoms with Crippen LogP contribution in [0.15, 0.2) is 30.5 Å². The fourth-order valence-electron chi connectivity index (χ4n) is 2.56. The predicted octanol–water partition coefficient (Wildman–Crippen LogP) is 1.53. The Morgan fingerprint density at radius 2 is 2.23 bits per heavy atom. The minimum Gasteiger partial charge on any atom is -0.388 e. The van der Waals surface area contributed by atoms with Gasteiger partial charge in [0.1, 0.15) is 0 Å². The fraction of sp³-hybridized carbons (Fsp3) is 0.188. The Kier molecular flexibility index (Phi) is 4.40. The van der Waals surface area contributed by atoms with Crippen LogP contribution in [0.1, 0.15) is 16.8 Å². The predicted molar refractivity (Wildman–Crippen MR) is 96.0 cm³/mol. The minimum absolute atomic E-state index is 0.00866. The van der Waals surface area contributed by atoms with E-state index in [4.69, 9.17) is 11.1 Å². The molecule has 3 rings (SSSR count). The molecule has 0 aliphatic rings. The Hall–Kier alpha value is -3.69. The van der Waals surface area contributed by atoms with Crippen molar-refractivity contribution in [2.45, 2.75) is 6.42 Å².